The maximum Gasteiger partial charge on any atom is 0.327 e. The lowest BCUT2D eigenvalue weighted by atomic mass is 10.1. The Bertz CT molecular complexity index is 527. The van der Waals surface area contributed by atoms with E-state index in [1.807, 2.05) is 30.3 Å². The number of nitrogens with one attached hydrogen (secondary N) is 1. The van der Waals surface area contributed by atoms with Crippen molar-refractivity contribution in [2.24, 2.45) is 0 Å². The Morgan fingerprint density at radius 3 is 2.40 bits per heavy atom. The summed E-state index contributed by atoms with van der Waals surface area (Å²) >= 11 is 0. The van der Waals surface area contributed by atoms with E-state index in [2.05, 4.69) is 5.32 Å². The summed E-state index contributed by atoms with van der Waals surface area (Å²) in [7, 11) is -3.10. The Balaban J connectivity index is 2.86. The van der Waals surface area contributed by atoms with Gasteiger partial charge in [0.2, 0.25) is 0 Å². The van der Waals surface area contributed by atoms with Crippen LogP contribution in [-0.4, -0.2) is 39.0 Å². The molecule has 0 bridgehead atoms. The molecule has 0 heterocycles. The summed E-state index contributed by atoms with van der Waals surface area (Å²) in [5.41, 5.74) is 0.756. The van der Waals surface area contributed by atoms with Crippen molar-refractivity contribution in [2.45, 2.75) is 25.9 Å². The second kappa shape index (κ2) is 7.40. The highest BCUT2D eigenvalue weighted by Crippen LogP contribution is 2.15. The van der Waals surface area contributed by atoms with Gasteiger partial charge in [0.15, 0.2) is 0 Å². The van der Waals surface area contributed by atoms with E-state index in [0.29, 0.717) is 0 Å². The van der Waals surface area contributed by atoms with E-state index < -0.39 is 21.8 Å². The number of hydrogen-bond acceptors (Lipinski definition) is 5. The normalized spacial score (nSPS) is 14.6. The Morgan fingerprint density at radius 1 is 1.30 bits per heavy atom. The van der Waals surface area contributed by atoms with Crippen LogP contribution in [0, 0.1) is 0 Å². The van der Waals surface area contributed by atoms with Gasteiger partial charge in [-0.05, 0) is 19.4 Å². The lowest BCUT2D eigenvalue weighted by molar-refractivity contribution is -0.146. The minimum atomic E-state index is -3.10. The van der Waals surface area contributed by atoms with Crippen LogP contribution in [0.3, 0.4) is 0 Å². The number of ether oxygens (including phenoxy) is 1. The monoisotopic (exact) mass is 299 g/mol. The number of benzene rings is 1. The zero-order valence-electron chi connectivity index (χ0n) is 12.0. The molecule has 2 unspecified atom stereocenters. The summed E-state index contributed by atoms with van der Waals surface area (Å²) in [6.07, 6.45) is 1.17. The van der Waals surface area contributed by atoms with Gasteiger partial charge < -0.3 is 4.74 Å². The fourth-order valence-electron chi connectivity index (χ4n) is 1.96. The second-order valence-electron chi connectivity index (χ2n) is 4.76. The van der Waals surface area contributed by atoms with Crippen molar-refractivity contribution in [3.63, 3.8) is 0 Å². The SMILES string of the molecule is CCOC(=O)C(NC(C)CS(C)(=O)=O)c1ccccc1. The maximum absolute atomic E-state index is 12.0. The molecule has 0 spiro atoms. The molecule has 1 rings (SSSR count). The molecule has 0 aliphatic carbocycles. The van der Waals surface area contributed by atoms with Gasteiger partial charge in [-0.2, -0.15) is 0 Å². The fourth-order valence-corrected chi connectivity index (χ4v) is 2.96. The van der Waals surface area contributed by atoms with Gasteiger partial charge in [-0.15, -0.1) is 0 Å². The standard InChI is InChI=1S/C14H21NO4S/c1-4-19-14(16)13(12-8-6-5-7-9-12)15-11(2)10-20(3,17)18/h5-9,11,13,15H,4,10H2,1-3H3. The van der Waals surface area contributed by atoms with E-state index in [1.165, 1.54) is 6.26 Å². The van der Waals surface area contributed by atoms with Gasteiger partial charge in [-0.3, -0.25) is 5.32 Å². The number of carbonyl (C=O) groups excluding carboxylic acids is 1. The van der Waals surface area contributed by atoms with Crippen molar-refractivity contribution < 1.29 is 17.9 Å². The van der Waals surface area contributed by atoms with E-state index in [9.17, 15) is 13.2 Å². The zero-order valence-corrected chi connectivity index (χ0v) is 12.8. The van der Waals surface area contributed by atoms with Crippen molar-refractivity contribution in [1.82, 2.24) is 5.32 Å². The highest BCUT2D eigenvalue weighted by Gasteiger charge is 2.24. The largest absolute Gasteiger partial charge is 0.465 e. The molecule has 20 heavy (non-hydrogen) atoms. The van der Waals surface area contributed by atoms with Crippen LogP contribution in [0.25, 0.3) is 0 Å². The maximum atomic E-state index is 12.0. The first-order valence-corrected chi connectivity index (χ1v) is 8.55. The van der Waals surface area contributed by atoms with Crippen molar-refractivity contribution in [3.05, 3.63) is 35.9 Å². The summed E-state index contributed by atoms with van der Waals surface area (Å²) in [5, 5.41) is 3.02. The van der Waals surface area contributed by atoms with Crippen LogP contribution in [0.2, 0.25) is 0 Å². The third-order valence-electron chi connectivity index (χ3n) is 2.66. The lowest BCUT2D eigenvalue weighted by Crippen LogP contribution is -2.39. The van der Waals surface area contributed by atoms with E-state index in [1.54, 1.807) is 13.8 Å². The molecule has 0 saturated heterocycles. The molecule has 0 saturated carbocycles. The van der Waals surface area contributed by atoms with Crippen molar-refractivity contribution in [3.8, 4) is 0 Å². The molecule has 1 aromatic rings. The smallest absolute Gasteiger partial charge is 0.327 e. The third-order valence-corrected chi connectivity index (χ3v) is 3.76. The Kier molecular flexibility index (Phi) is 6.16. The predicted molar refractivity (Wildman–Crippen MR) is 78.1 cm³/mol. The highest BCUT2D eigenvalue weighted by molar-refractivity contribution is 7.90. The summed E-state index contributed by atoms with van der Waals surface area (Å²) < 4.78 is 27.6. The minimum Gasteiger partial charge on any atom is -0.465 e. The highest BCUT2D eigenvalue weighted by atomic mass is 32.2. The van der Waals surface area contributed by atoms with Crippen molar-refractivity contribution >= 4 is 15.8 Å². The fraction of sp³-hybridized carbons (Fsp3) is 0.500. The third kappa shape index (κ3) is 5.71. The molecule has 5 nitrogen and oxygen atoms in total. The first-order valence-electron chi connectivity index (χ1n) is 6.49. The molecule has 0 amide bonds. The van der Waals surface area contributed by atoms with Gasteiger partial charge in [0.1, 0.15) is 15.9 Å². The van der Waals surface area contributed by atoms with Crippen LogP contribution < -0.4 is 5.32 Å². The van der Waals surface area contributed by atoms with Gasteiger partial charge in [0.25, 0.3) is 0 Å². The van der Waals surface area contributed by atoms with Gasteiger partial charge in [-0.1, -0.05) is 30.3 Å². The minimum absolute atomic E-state index is 0.0320. The first kappa shape index (κ1) is 16.7. The van der Waals surface area contributed by atoms with Crippen LogP contribution in [0.4, 0.5) is 0 Å². The van der Waals surface area contributed by atoms with E-state index >= 15 is 0 Å². The molecule has 2 atom stereocenters. The van der Waals surface area contributed by atoms with Gasteiger partial charge in [0.05, 0.1) is 12.4 Å². The number of esters is 1. The molecule has 0 aliphatic heterocycles. The summed E-state index contributed by atoms with van der Waals surface area (Å²) in [5.74, 6) is -0.436. The molecule has 6 heteroatoms. The summed E-state index contributed by atoms with van der Waals surface area (Å²) in [6, 6.07) is 8.11. The van der Waals surface area contributed by atoms with E-state index in [-0.39, 0.29) is 18.4 Å². The van der Waals surface area contributed by atoms with Crippen molar-refractivity contribution in [1.29, 1.82) is 0 Å². The Morgan fingerprint density at radius 2 is 1.90 bits per heavy atom. The number of rotatable bonds is 7. The van der Waals surface area contributed by atoms with Crippen LogP contribution >= 0.6 is 0 Å². The van der Waals surface area contributed by atoms with Crippen LogP contribution in [-0.2, 0) is 19.4 Å². The molecular formula is C14H21NO4S. The lowest BCUT2D eigenvalue weighted by Gasteiger charge is -2.21. The van der Waals surface area contributed by atoms with Gasteiger partial charge in [-0.25, -0.2) is 13.2 Å². The number of hydrogen-bond donors (Lipinski definition) is 1. The second-order valence-corrected chi connectivity index (χ2v) is 6.94. The number of sulfone groups is 1. The van der Waals surface area contributed by atoms with Crippen LogP contribution in [0.5, 0.6) is 0 Å². The van der Waals surface area contributed by atoms with E-state index in [4.69, 9.17) is 4.74 Å². The molecule has 1 N–H and O–H groups in total. The molecule has 112 valence electrons. The molecule has 0 radical (unpaired) electrons. The average Bonchev–Trinajstić information content (AvgIpc) is 2.35. The quantitative estimate of drug-likeness (QED) is 0.769. The van der Waals surface area contributed by atoms with Crippen molar-refractivity contribution in [2.75, 3.05) is 18.6 Å². The zero-order chi connectivity index (χ0) is 15.2. The summed E-state index contributed by atoms with van der Waals surface area (Å²) in [4.78, 5) is 12.0. The van der Waals surface area contributed by atoms with E-state index in [0.717, 1.165) is 5.56 Å². The molecule has 0 aromatic heterocycles. The Hall–Kier alpha value is -1.40. The first-order chi connectivity index (χ1) is 9.33. The van der Waals surface area contributed by atoms with Crippen LogP contribution in [0.1, 0.15) is 25.5 Å². The molecule has 1 aromatic carbocycles. The van der Waals surface area contributed by atoms with Crippen LogP contribution in [0.15, 0.2) is 30.3 Å². The topological polar surface area (TPSA) is 72.5 Å². The van der Waals surface area contributed by atoms with Gasteiger partial charge in [0, 0.05) is 12.3 Å². The summed E-state index contributed by atoms with van der Waals surface area (Å²) in [6.45, 7) is 3.75. The Labute approximate surface area is 120 Å². The predicted octanol–water partition coefficient (Wildman–Crippen LogP) is 1.31. The number of carbonyl (C=O) groups is 1. The average molecular weight is 299 g/mol. The molecular weight excluding hydrogens is 278 g/mol. The van der Waals surface area contributed by atoms with Gasteiger partial charge >= 0.3 is 5.97 Å². The molecule has 0 aliphatic rings. The molecule has 0 fully saturated rings.